The number of aryl methyl sites for hydroxylation is 1. The average Bonchev–Trinajstić information content (AvgIpc) is 2.32. The molecule has 0 saturated heterocycles. The summed E-state index contributed by atoms with van der Waals surface area (Å²) in [6, 6.07) is 1.15. The number of hydrogen-bond donors (Lipinski definition) is 4. The Balaban J connectivity index is 2.77. The van der Waals surface area contributed by atoms with Crippen molar-refractivity contribution in [3.63, 3.8) is 0 Å². The minimum absolute atomic E-state index is 0.398. The molecule has 1 rings (SSSR count). The maximum atomic E-state index is 11.6. The van der Waals surface area contributed by atoms with Gasteiger partial charge in [0.2, 0.25) is 0 Å². The lowest BCUT2D eigenvalue weighted by Crippen LogP contribution is -2.45. The molecule has 0 spiro atoms. The van der Waals surface area contributed by atoms with E-state index in [0.717, 1.165) is 5.56 Å². The van der Waals surface area contributed by atoms with Crippen LogP contribution in [0.2, 0.25) is 5.02 Å². The molecule has 0 radical (unpaired) electrons. The normalized spacial score (nSPS) is 11.8. The number of aliphatic hydroxyl groups is 1. The molecule has 0 heterocycles. The zero-order valence-corrected chi connectivity index (χ0v) is 12.2. The van der Waals surface area contributed by atoms with Gasteiger partial charge in [0.15, 0.2) is 6.04 Å². The monoisotopic (exact) mass is 350 g/mol. The minimum Gasteiger partial charge on any atom is -0.480 e. The lowest BCUT2D eigenvalue weighted by molar-refractivity contribution is -0.140. The molecule has 1 atom stereocenters. The lowest BCUT2D eigenvalue weighted by atomic mass is 10.2. The van der Waals surface area contributed by atoms with Crippen LogP contribution in [0.3, 0.4) is 0 Å². The second-order valence-corrected chi connectivity index (χ2v) is 5.01. The molecule has 2 amide bonds. The molecular formula is C11H12BrClN2O4. The molecular weight excluding hydrogens is 339 g/mol. The SMILES string of the molecule is Cc1cc(Br)c(NC(=O)N[C@@H](CO)C(=O)O)cc1Cl. The van der Waals surface area contributed by atoms with Gasteiger partial charge in [0.25, 0.3) is 0 Å². The fraction of sp³-hybridized carbons (Fsp3) is 0.273. The van der Waals surface area contributed by atoms with Crippen LogP contribution in [0.25, 0.3) is 0 Å². The zero-order chi connectivity index (χ0) is 14.6. The summed E-state index contributed by atoms with van der Waals surface area (Å²) >= 11 is 9.18. The van der Waals surface area contributed by atoms with E-state index in [4.69, 9.17) is 21.8 Å². The number of rotatable bonds is 4. The fourth-order valence-electron chi connectivity index (χ4n) is 1.24. The highest BCUT2D eigenvalue weighted by Crippen LogP contribution is 2.29. The summed E-state index contributed by atoms with van der Waals surface area (Å²) in [4.78, 5) is 22.2. The maximum Gasteiger partial charge on any atom is 0.328 e. The zero-order valence-electron chi connectivity index (χ0n) is 9.91. The first kappa shape index (κ1) is 15.7. The largest absolute Gasteiger partial charge is 0.480 e. The molecule has 0 aliphatic heterocycles. The molecule has 4 N–H and O–H groups in total. The number of carbonyl (C=O) groups excluding carboxylic acids is 1. The Morgan fingerprint density at radius 1 is 1.47 bits per heavy atom. The number of benzene rings is 1. The number of aliphatic carboxylic acids is 1. The van der Waals surface area contributed by atoms with E-state index in [9.17, 15) is 9.59 Å². The molecule has 0 aliphatic rings. The number of nitrogens with one attached hydrogen (secondary N) is 2. The third-order valence-electron chi connectivity index (χ3n) is 2.28. The molecule has 0 aliphatic carbocycles. The van der Waals surface area contributed by atoms with Gasteiger partial charge in [-0.3, -0.25) is 0 Å². The summed E-state index contributed by atoms with van der Waals surface area (Å²) in [5.41, 5.74) is 1.23. The highest BCUT2D eigenvalue weighted by molar-refractivity contribution is 9.10. The molecule has 0 fully saturated rings. The molecule has 19 heavy (non-hydrogen) atoms. The summed E-state index contributed by atoms with van der Waals surface area (Å²) in [6.07, 6.45) is 0. The number of carboxylic acids is 1. The number of aliphatic hydroxyl groups excluding tert-OH is 1. The first-order valence-electron chi connectivity index (χ1n) is 5.22. The summed E-state index contributed by atoms with van der Waals surface area (Å²) in [5.74, 6) is -1.32. The molecule has 104 valence electrons. The number of carboxylic acid groups (broad SMARTS) is 1. The number of anilines is 1. The Morgan fingerprint density at radius 3 is 2.63 bits per heavy atom. The van der Waals surface area contributed by atoms with Crippen LogP contribution in [-0.4, -0.2) is 34.9 Å². The summed E-state index contributed by atoms with van der Waals surface area (Å²) in [7, 11) is 0. The average molecular weight is 352 g/mol. The fourth-order valence-corrected chi connectivity index (χ4v) is 1.96. The van der Waals surface area contributed by atoms with E-state index in [1.807, 2.05) is 6.92 Å². The van der Waals surface area contributed by atoms with E-state index in [1.165, 1.54) is 6.07 Å². The van der Waals surface area contributed by atoms with Crippen molar-refractivity contribution >= 4 is 45.2 Å². The lowest BCUT2D eigenvalue weighted by Gasteiger charge is -2.14. The van der Waals surface area contributed by atoms with Crippen LogP contribution >= 0.6 is 27.5 Å². The van der Waals surface area contributed by atoms with Gasteiger partial charge in [-0.1, -0.05) is 11.6 Å². The third kappa shape index (κ3) is 4.38. The second kappa shape index (κ2) is 6.74. The Hall–Kier alpha value is -1.31. The predicted molar refractivity (Wildman–Crippen MR) is 74.6 cm³/mol. The maximum absolute atomic E-state index is 11.6. The molecule has 1 aromatic carbocycles. The predicted octanol–water partition coefficient (Wildman–Crippen LogP) is 1.98. The van der Waals surface area contributed by atoms with Gasteiger partial charge in [-0.2, -0.15) is 0 Å². The number of urea groups is 1. The number of carbonyl (C=O) groups is 2. The van der Waals surface area contributed by atoms with Crippen molar-refractivity contribution in [1.82, 2.24) is 5.32 Å². The highest BCUT2D eigenvalue weighted by atomic mass is 79.9. The first-order valence-corrected chi connectivity index (χ1v) is 6.39. The minimum atomic E-state index is -1.36. The van der Waals surface area contributed by atoms with Gasteiger partial charge in [0.05, 0.1) is 12.3 Å². The third-order valence-corrected chi connectivity index (χ3v) is 3.35. The van der Waals surface area contributed by atoms with Gasteiger partial charge in [-0.15, -0.1) is 0 Å². The van der Waals surface area contributed by atoms with Crippen LogP contribution in [0, 0.1) is 6.92 Å². The van der Waals surface area contributed by atoms with Crippen LogP contribution < -0.4 is 10.6 Å². The van der Waals surface area contributed by atoms with Gasteiger partial charge in [-0.05, 0) is 40.5 Å². The van der Waals surface area contributed by atoms with E-state index in [-0.39, 0.29) is 0 Å². The van der Waals surface area contributed by atoms with Crippen LogP contribution in [0.5, 0.6) is 0 Å². The van der Waals surface area contributed by atoms with Crippen molar-refractivity contribution in [2.24, 2.45) is 0 Å². The van der Waals surface area contributed by atoms with Gasteiger partial charge in [0.1, 0.15) is 0 Å². The topological polar surface area (TPSA) is 98.7 Å². The van der Waals surface area contributed by atoms with E-state index in [2.05, 4.69) is 26.6 Å². The standard InChI is InChI=1S/C11H12BrClN2O4/c1-5-2-6(12)8(3-7(5)13)14-11(19)15-9(4-16)10(17)18/h2-3,9,16H,4H2,1H3,(H,17,18)(H2,14,15,19)/t9-/m0/s1. The molecule has 0 aromatic heterocycles. The van der Waals surface area contributed by atoms with Gasteiger partial charge >= 0.3 is 12.0 Å². The molecule has 0 saturated carbocycles. The molecule has 8 heteroatoms. The van der Waals surface area contributed by atoms with Crippen LogP contribution in [0.15, 0.2) is 16.6 Å². The Labute approximate surface area is 122 Å². The summed E-state index contributed by atoms with van der Waals surface area (Å²) in [5, 5.41) is 22.5. The second-order valence-electron chi connectivity index (χ2n) is 3.75. The highest BCUT2D eigenvalue weighted by Gasteiger charge is 2.19. The van der Waals surface area contributed by atoms with Crippen LogP contribution in [0.1, 0.15) is 5.56 Å². The van der Waals surface area contributed by atoms with Crippen LogP contribution in [-0.2, 0) is 4.79 Å². The van der Waals surface area contributed by atoms with E-state index in [0.29, 0.717) is 15.2 Å². The van der Waals surface area contributed by atoms with Crippen molar-refractivity contribution in [1.29, 1.82) is 0 Å². The summed E-state index contributed by atoms with van der Waals surface area (Å²) < 4.78 is 0.612. The smallest absolute Gasteiger partial charge is 0.328 e. The van der Waals surface area contributed by atoms with Crippen LogP contribution in [0.4, 0.5) is 10.5 Å². The Bertz CT molecular complexity index is 510. The van der Waals surface area contributed by atoms with Crippen molar-refractivity contribution in [3.8, 4) is 0 Å². The Morgan fingerprint density at radius 2 is 2.11 bits per heavy atom. The van der Waals surface area contributed by atoms with E-state index < -0.39 is 24.6 Å². The molecule has 6 nitrogen and oxygen atoms in total. The quantitative estimate of drug-likeness (QED) is 0.666. The summed E-state index contributed by atoms with van der Waals surface area (Å²) in [6.45, 7) is 1.11. The van der Waals surface area contributed by atoms with Crippen molar-refractivity contribution in [2.45, 2.75) is 13.0 Å². The van der Waals surface area contributed by atoms with Gasteiger partial charge < -0.3 is 20.8 Å². The van der Waals surface area contributed by atoms with Crippen molar-refractivity contribution in [3.05, 3.63) is 27.2 Å². The van der Waals surface area contributed by atoms with E-state index in [1.54, 1.807) is 6.07 Å². The molecule has 0 unspecified atom stereocenters. The van der Waals surface area contributed by atoms with Gasteiger partial charge in [0, 0.05) is 9.50 Å². The van der Waals surface area contributed by atoms with E-state index >= 15 is 0 Å². The molecule has 0 bridgehead atoms. The van der Waals surface area contributed by atoms with Crippen molar-refractivity contribution < 1.29 is 19.8 Å². The molecule has 1 aromatic rings. The first-order chi connectivity index (χ1) is 8.85. The number of amides is 2. The van der Waals surface area contributed by atoms with Gasteiger partial charge in [-0.25, -0.2) is 9.59 Å². The number of hydrogen-bond acceptors (Lipinski definition) is 3. The Kier molecular flexibility index (Phi) is 5.59. The number of halogens is 2. The van der Waals surface area contributed by atoms with Crippen molar-refractivity contribution in [2.75, 3.05) is 11.9 Å².